The Morgan fingerprint density at radius 2 is 1.26 bits per heavy atom. The summed E-state index contributed by atoms with van der Waals surface area (Å²) < 4.78 is 0.932. The molecule has 0 spiro atoms. The first-order valence-electron chi connectivity index (χ1n) is 6.86. The van der Waals surface area contributed by atoms with Gasteiger partial charge in [0.25, 0.3) is 0 Å². The van der Waals surface area contributed by atoms with Crippen molar-refractivity contribution in [2.45, 2.75) is 25.9 Å². The van der Waals surface area contributed by atoms with Crippen molar-refractivity contribution in [2.75, 3.05) is 14.1 Å². The molecule has 0 aliphatic carbocycles. The molecule has 19 heavy (non-hydrogen) atoms. The van der Waals surface area contributed by atoms with Gasteiger partial charge >= 0.3 is 0 Å². The summed E-state index contributed by atoms with van der Waals surface area (Å²) in [5, 5.41) is 0. The van der Waals surface area contributed by atoms with Crippen LogP contribution in [0.2, 0.25) is 0 Å². The van der Waals surface area contributed by atoms with E-state index >= 15 is 0 Å². The quantitative estimate of drug-likeness (QED) is 0.717. The molecular weight excluding hydrogens is 230 g/mol. The molecule has 1 nitrogen and oxygen atoms in total. The highest BCUT2D eigenvalue weighted by atomic mass is 15.4. The van der Waals surface area contributed by atoms with E-state index in [2.05, 4.69) is 88.6 Å². The smallest absolute Gasteiger partial charge is 0.119 e. The van der Waals surface area contributed by atoms with Crippen LogP contribution >= 0.6 is 0 Å². The van der Waals surface area contributed by atoms with Crippen LogP contribution in [0.3, 0.4) is 0 Å². The van der Waals surface area contributed by atoms with Crippen LogP contribution in [0.1, 0.15) is 25.0 Å². The maximum atomic E-state index is 2.32. The van der Waals surface area contributed by atoms with Crippen LogP contribution in [0.5, 0.6) is 0 Å². The van der Waals surface area contributed by atoms with Crippen molar-refractivity contribution in [3.63, 3.8) is 0 Å². The van der Waals surface area contributed by atoms with Gasteiger partial charge in [0.2, 0.25) is 0 Å². The number of benzene rings is 2. The van der Waals surface area contributed by atoms with Gasteiger partial charge in [-0.15, -0.1) is 0 Å². The third kappa shape index (κ3) is 2.87. The largest absolute Gasteiger partial charge is 0.317 e. The summed E-state index contributed by atoms with van der Waals surface area (Å²) in [7, 11) is 4.61. The van der Waals surface area contributed by atoms with Crippen molar-refractivity contribution in [3.05, 3.63) is 71.8 Å². The monoisotopic (exact) mass is 254 g/mol. The maximum absolute atomic E-state index is 2.32. The SMILES string of the molecule is CC(C)(c1ccccc1)[N+](C)(C)Cc1ccccc1. The van der Waals surface area contributed by atoms with E-state index in [1.165, 1.54) is 11.1 Å². The first-order valence-corrected chi connectivity index (χ1v) is 6.86. The topological polar surface area (TPSA) is 0 Å². The fourth-order valence-electron chi connectivity index (χ4n) is 2.43. The molecule has 0 unspecified atom stereocenters. The molecule has 0 aliphatic heterocycles. The second kappa shape index (κ2) is 5.18. The number of quaternary nitrogens is 1. The van der Waals surface area contributed by atoms with E-state index in [0.29, 0.717) is 0 Å². The van der Waals surface area contributed by atoms with Gasteiger partial charge in [-0.05, 0) is 13.8 Å². The average Bonchev–Trinajstić information content (AvgIpc) is 2.40. The van der Waals surface area contributed by atoms with Gasteiger partial charge < -0.3 is 4.48 Å². The van der Waals surface area contributed by atoms with Gasteiger partial charge in [-0.2, -0.15) is 0 Å². The Bertz CT molecular complexity index is 512. The van der Waals surface area contributed by atoms with Crippen molar-refractivity contribution in [1.82, 2.24) is 0 Å². The summed E-state index contributed by atoms with van der Waals surface area (Å²) in [5.41, 5.74) is 2.85. The van der Waals surface area contributed by atoms with E-state index in [0.717, 1.165) is 11.0 Å². The summed E-state index contributed by atoms with van der Waals surface area (Å²) in [6, 6.07) is 21.5. The van der Waals surface area contributed by atoms with E-state index in [9.17, 15) is 0 Å². The van der Waals surface area contributed by atoms with E-state index in [1.54, 1.807) is 0 Å². The average molecular weight is 254 g/mol. The second-order valence-corrected chi connectivity index (χ2v) is 6.25. The van der Waals surface area contributed by atoms with Crippen LogP contribution in [0.15, 0.2) is 60.7 Å². The zero-order chi connectivity index (χ0) is 13.9. The lowest BCUT2D eigenvalue weighted by atomic mass is 9.90. The van der Waals surface area contributed by atoms with Crippen LogP contribution in [0, 0.1) is 0 Å². The predicted molar refractivity (Wildman–Crippen MR) is 81.7 cm³/mol. The molecule has 1 heteroatoms. The lowest BCUT2D eigenvalue weighted by Crippen LogP contribution is -2.53. The second-order valence-electron chi connectivity index (χ2n) is 6.25. The fourth-order valence-corrected chi connectivity index (χ4v) is 2.43. The van der Waals surface area contributed by atoms with E-state index < -0.39 is 0 Å². The molecular formula is C18H24N+. The number of hydrogen-bond acceptors (Lipinski definition) is 0. The first-order chi connectivity index (χ1) is 8.93. The molecule has 0 bridgehead atoms. The molecule has 0 radical (unpaired) electrons. The molecule has 2 aromatic carbocycles. The van der Waals surface area contributed by atoms with Crippen molar-refractivity contribution in [2.24, 2.45) is 0 Å². The van der Waals surface area contributed by atoms with Crippen LogP contribution in [0.4, 0.5) is 0 Å². The summed E-state index contributed by atoms with van der Waals surface area (Å²) >= 11 is 0. The molecule has 2 rings (SSSR count). The molecule has 0 fully saturated rings. The molecule has 0 saturated carbocycles. The molecule has 0 saturated heterocycles. The van der Waals surface area contributed by atoms with Gasteiger partial charge in [0.15, 0.2) is 0 Å². The molecule has 0 heterocycles. The van der Waals surface area contributed by atoms with Crippen LogP contribution < -0.4 is 0 Å². The third-order valence-electron chi connectivity index (χ3n) is 4.41. The number of hydrogen-bond donors (Lipinski definition) is 0. The maximum Gasteiger partial charge on any atom is 0.119 e. The Morgan fingerprint density at radius 1 is 0.789 bits per heavy atom. The molecule has 100 valence electrons. The van der Waals surface area contributed by atoms with Crippen LogP contribution in [0.25, 0.3) is 0 Å². The Labute approximate surface area is 117 Å². The van der Waals surface area contributed by atoms with Gasteiger partial charge in [-0.1, -0.05) is 60.7 Å². The highest BCUT2D eigenvalue weighted by Crippen LogP contribution is 2.33. The minimum absolute atomic E-state index is 0.0805. The van der Waals surface area contributed by atoms with Crippen molar-refractivity contribution in [3.8, 4) is 0 Å². The molecule has 0 atom stereocenters. The minimum Gasteiger partial charge on any atom is -0.317 e. The van der Waals surface area contributed by atoms with Crippen LogP contribution in [-0.4, -0.2) is 18.6 Å². The highest BCUT2D eigenvalue weighted by Gasteiger charge is 2.37. The van der Waals surface area contributed by atoms with Gasteiger partial charge in [-0.25, -0.2) is 0 Å². The minimum atomic E-state index is 0.0805. The Morgan fingerprint density at radius 3 is 1.79 bits per heavy atom. The Kier molecular flexibility index (Phi) is 3.77. The van der Waals surface area contributed by atoms with Gasteiger partial charge in [0.1, 0.15) is 12.1 Å². The molecule has 0 N–H and O–H groups in total. The van der Waals surface area contributed by atoms with Crippen molar-refractivity contribution >= 4 is 0 Å². The summed E-state index contributed by atoms with van der Waals surface area (Å²) in [4.78, 5) is 0. The normalized spacial score (nSPS) is 12.4. The van der Waals surface area contributed by atoms with Crippen molar-refractivity contribution < 1.29 is 4.48 Å². The Hall–Kier alpha value is -1.60. The molecule has 0 aliphatic rings. The standard InChI is InChI=1S/C18H24N/c1-18(2,17-13-9-6-10-14-17)19(3,4)15-16-11-7-5-8-12-16/h5-14H,15H2,1-4H3/q+1. The summed E-state index contributed by atoms with van der Waals surface area (Å²) in [6.07, 6.45) is 0. The molecule has 0 amide bonds. The molecule has 2 aromatic rings. The summed E-state index contributed by atoms with van der Waals surface area (Å²) in [6.45, 7) is 5.68. The predicted octanol–water partition coefficient (Wildman–Crippen LogP) is 4.20. The van der Waals surface area contributed by atoms with Gasteiger partial charge in [0, 0.05) is 11.1 Å². The summed E-state index contributed by atoms with van der Waals surface area (Å²) in [5.74, 6) is 0. The highest BCUT2D eigenvalue weighted by molar-refractivity contribution is 5.21. The number of rotatable bonds is 4. The third-order valence-corrected chi connectivity index (χ3v) is 4.41. The molecule has 0 aromatic heterocycles. The van der Waals surface area contributed by atoms with Crippen molar-refractivity contribution in [1.29, 1.82) is 0 Å². The van der Waals surface area contributed by atoms with Gasteiger partial charge in [0.05, 0.1) is 14.1 Å². The first kappa shape index (κ1) is 13.8. The number of nitrogens with zero attached hydrogens (tertiary/aromatic N) is 1. The zero-order valence-corrected chi connectivity index (χ0v) is 12.4. The Balaban J connectivity index is 2.28. The zero-order valence-electron chi connectivity index (χ0n) is 12.4. The van der Waals surface area contributed by atoms with Gasteiger partial charge in [-0.3, -0.25) is 0 Å². The van der Waals surface area contributed by atoms with E-state index in [-0.39, 0.29) is 5.54 Å². The lowest BCUT2D eigenvalue weighted by Gasteiger charge is -2.45. The fraction of sp³-hybridized carbons (Fsp3) is 0.333. The van der Waals surface area contributed by atoms with E-state index in [4.69, 9.17) is 0 Å². The van der Waals surface area contributed by atoms with Crippen LogP contribution in [-0.2, 0) is 12.1 Å². The van der Waals surface area contributed by atoms with E-state index in [1.807, 2.05) is 0 Å². The lowest BCUT2D eigenvalue weighted by molar-refractivity contribution is -0.958.